The maximum atomic E-state index is 13.0. The molecule has 2 aliphatic rings. The Bertz CT molecular complexity index is 654. The average molecular weight is 333 g/mol. The summed E-state index contributed by atoms with van der Waals surface area (Å²) < 4.78 is 13.0. The van der Waals surface area contributed by atoms with Crippen molar-refractivity contribution in [1.82, 2.24) is 9.80 Å². The van der Waals surface area contributed by atoms with Crippen molar-refractivity contribution < 1.29 is 18.8 Å². The van der Waals surface area contributed by atoms with Crippen LogP contribution >= 0.6 is 0 Å². The van der Waals surface area contributed by atoms with Crippen LogP contribution in [0.4, 0.5) is 10.1 Å². The van der Waals surface area contributed by atoms with Crippen molar-refractivity contribution >= 4 is 23.4 Å². The first-order valence-electron chi connectivity index (χ1n) is 8.08. The molecule has 2 saturated heterocycles. The molecule has 24 heavy (non-hydrogen) atoms. The van der Waals surface area contributed by atoms with Crippen molar-refractivity contribution in [2.24, 2.45) is 5.92 Å². The zero-order chi connectivity index (χ0) is 17.3. The van der Waals surface area contributed by atoms with Crippen LogP contribution in [0.15, 0.2) is 24.3 Å². The third-order valence-electron chi connectivity index (χ3n) is 4.68. The quantitative estimate of drug-likeness (QED) is 0.755. The molecule has 2 heterocycles. The molecular weight excluding hydrogens is 313 g/mol. The van der Waals surface area contributed by atoms with Crippen LogP contribution in [0.25, 0.3) is 0 Å². The molecule has 3 rings (SSSR count). The lowest BCUT2D eigenvalue weighted by Crippen LogP contribution is -2.52. The van der Waals surface area contributed by atoms with Gasteiger partial charge in [-0.05, 0) is 30.7 Å². The standard InChI is InChI=1S/C17H20FN3O3/c1-12(22)19-8-10-20(11-9-19)16(23)15-6-7-21(17(15)24)14-4-2-13(18)3-5-14/h2-5,15H,6-11H2,1H3. The zero-order valence-corrected chi connectivity index (χ0v) is 13.6. The van der Waals surface area contributed by atoms with Crippen LogP contribution in [-0.4, -0.2) is 60.2 Å². The van der Waals surface area contributed by atoms with Gasteiger partial charge in [-0.3, -0.25) is 14.4 Å². The van der Waals surface area contributed by atoms with Crippen LogP contribution in [0.2, 0.25) is 0 Å². The topological polar surface area (TPSA) is 60.9 Å². The fourth-order valence-corrected chi connectivity index (χ4v) is 3.25. The fraction of sp³-hybridized carbons (Fsp3) is 0.471. The van der Waals surface area contributed by atoms with E-state index in [1.54, 1.807) is 21.9 Å². The summed E-state index contributed by atoms with van der Waals surface area (Å²) in [4.78, 5) is 41.4. The summed E-state index contributed by atoms with van der Waals surface area (Å²) in [5.74, 6) is -1.45. The van der Waals surface area contributed by atoms with Crippen LogP contribution in [0.1, 0.15) is 13.3 Å². The number of halogens is 1. The Morgan fingerprint density at radius 2 is 1.58 bits per heavy atom. The molecule has 2 aliphatic heterocycles. The SMILES string of the molecule is CC(=O)N1CCN(C(=O)C2CCN(c3ccc(F)cc3)C2=O)CC1. The van der Waals surface area contributed by atoms with E-state index in [0.29, 0.717) is 44.8 Å². The van der Waals surface area contributed by atoms with Gasteiger partial charge >= 0.3 is 0 Å². The summed E-state index contributed by atoms with van der Waals surface area (Å²) in [6, 6.07) is 5.70. The second-order valence-corrected chi connectivity index (χ2v) is 6.14. The van der Waals surface area contributed by atoms with E-state index in [-0.39, 0.29) is 23.5 Å². The monoisotopic (exact) mass is 333 g/mol. The lowest BCUT2D eigenvalue weighted by atomic mass is 10.1. The second-order valence-electron chi connectivity index (χ2n) is 6.14. The van der Waals surface area contributed by atoms with Gasteiger partial charge < -0.3 is 14.7 Å². The number of hydrogen-bond donors (Lipinski definition) is 0. The molecule has 6 nitrogen and oxygen atoms in total. The average Bonchev–Trinajstić information content (AvgIpc) is 2.96. The summed E-state index contributed by atoms with van der Waals surface area (Å²) in [6.07, 6.45) is 0.460. The van der Waals surface area contributed by atoms with Gasteiger partial charge in [-0.25, -0.2) is 4.39 Å². The zero-order valence-electron chi connectivity index (χ0n) is 13.6. The van der Waals surface area contributed by atoms with Crippen molar-refractivity contribution in [3.63, 3.8) is 0 Å². The van der Waals surface area contributed by atoms with Crippen LogP contribution in [0.5, 0.6) is 0 Å². The highest BCUT2D eigenvalue weighted by atomic mass is 19.1. The minimum atomic E-state index is -0.682. The summed E-state index contributed by atoms with van der Waals surface area (Å²) in [6.45, 7) is 3.89. The molecular formula is C17H20FN3O3. The van der Waals surface area contributed by atoms with Gasteiger partial charge in [-0.2, -0.15) is 0 Å². The van der Waals surface area contributed by atoms with Crippen molar-refractivity contribution in [2.75, 3.05) is 37.6 Å². The second kappa shape index (κ2) is 6.59. The van der Waals surface area contributed by atoms with Crippen LogP contribution < -0.4 is 4.90 Å². The van der Waals surface area contributed by atoms with Gasteiger partial charge in [0, 0.05) is 45.3 Å². The molecule has 2 fully saturated rings. The molecule has 0 radical (unpaired) electrons. The Labute approximate surface area is 139 Å². The molecule has 0 spiro atoms. The number of hydrogen-bond acceptors (Lipinski definition) is 3. The Kier molecular flexibility index (Phi) is 4.51. The molecule has 1 aromatic rings. The highest BCUT2D eigenvalue weighted by molar-refractivity contribution is 6.09. The van der Waals surface area contributed by atoms with Crippen LogP contribution in [0, 0.1) is 11.7 Å². The van der Waals surface area contributed by atoms with Gasteiger partial charge in [0.25, 0.3) is 0 Å². The molecule has 128 valence electrons. The Morgan fingerprint density at radius 3 is 2.17 bits per heavy atom. The Morgan fingerprint density at radius 1 is 1.00 bits per heavy atom. The van der Waals surface area contributed by atoms with Gasteiger partial charge in [-0.1, -0.05) is 0 Å². The number of nitrogens with zero attached hydrogens (tertiary/aromatic N) is 3. The first-order chi connectivity index (χ1) is 11.5. The smallest absolute Gasteiger partial charge is 0.239 e. The maximum Gasteiger partial charge on any atom is 0.239 e. The van der Waals surface area contributed by atoms with Crippen molar-refractivity contribution in [3.05, 3.63) is 30.1 Å². The number of amides is 3. The predicted octanol–water partition coefficient (Wildman–Crippen LogP) is 0.869. The minimum absolute atomic E-state index is 0.00141. The Hall–Kier alpha value is -2.44. The van der Waals surface area contributed by atoms with Crippen molar-refractivity contribution in [2.45, 2.75) is 13.3 Å². The van der Waals surface area contributed by atoms with E-state index in [2.05, 4.69) is 0 Å². The third kappa shape index (κ3) is 3.11. The number of piperazine rings is 1. The molecule has 0 saturated carbocycles. The van der Waals surface area contributed by atoms with E-state index >= 15 is 0 Å². The van der Waals surface area contributed by atoms with Gasteiger partial charge in [0.1, 0.15) is 11.7 Å². The molecule has 0 aliphatic carbocycles. The lowest BCUT2D eigenvalue weighted by Gasteiger charge is -2.35. The number of benzene rings is 1. The van der Waals surface area contributed by atoms with Gasteiger partial charge in [0.05, 0.1) is 0 Å². The fourth-order valence-electron chi connectivity index (χ4n) is 3.25. The van der Waals surface area contributed by atoms with E-state index in [9.17, 15) is 18.8 Å². The largest absolute Gasteiger partial charge is 0.339 e. The number of anilines is 1. The maximum absolute atomic E-state index is 13.0. The predicted molar refractivity (Wildman–Crippen MR) is 85.7 cm³/mol. The van der Waals surface area contributed by atoms with E-state index in [1.807, 2.05) is 0 Å². The molecule has 1 aromatic carbocycles. The molecule has 1 unspecified atom stereocenters. The summed E-state index contributed by atoms with van der Waals surface area (Å²) in [5, 5.41) is 0. The first-order valence-corrected chi connectivity index (χ1v) is 8.08. The molecule has 0 bridgehead atoms. The highest BCUT2D eigenvalue weighted by Crippen LogP contribution is 2.27. The summed E-state index contributed by atoms with van der Waals surface area (Å²) >= 11 is 0. The first kappa shape index (κ1) is 16.4. The number of rotatable bonds is 2. The molecule has 0 aromatic heterocycles. The highest BCUT2D eigenvalue weighted by Gasteiger charge is 2.40. The molecule has 0 N–H and O–H groups in total. The van der Waals surface area contributed by atoms with E-state index in [4.69, 9.17) is 0 Å². The Balaban J connectivity index is 1.64. The van der Waals surface area contributed by atoms with Gasteiger partial charge in [0.15, 0.2) is 0 Å². The molecule has 7 heteroatoms. The summed E-state index contributed by atoms with van der Waals surface area (Å²) in [7, 11) is 0. The molecule has 1 atom stereocenters. The van der Waals surface area contributed by atoms with E-state index in [1.165, 1.54) is 24.0 Å². The number of carbonyl (C=O) groups is 3. The van der Waals surface area contributed by atoms with E-state index < -0.39 is 5.92 Å². The normalized spacial score (nSPS) is 21.3. The number of carbonyl (C=O) groups excluding carboxylic acids is 3. The van der Waals surface area contributed by atoms with Crippen molar-refractivity contribution in [1.29, 1.82) is 0 Å². The van der Waals surface area contributed by atoms with E-state index in [0.717, 1.165) is 0 Å². The van der Waals surface area contributed by atoms with Gasteiger partial charge in [0.2, 0.25) is 17.7 Å². The van der Waals surface area contributed by atoms with Gasteiger partial charge in [-0.15, -0.1) is 0 Å². The van der Waals surface area contributed by atoms with Crippen molar-refractivity contribution in [3.8, 4) is 0 Å². The van der Waals surface area contributed by atoms with Crippen LogP contribution in [0.3, 0.4) is 0 Å². The molecule has 3 amide bonds. The minimum Gasteiger partial charge on any atom is -0.339 e. The summed E-state index contributed by atoms with van der Waals surface area (Å²) in [5.41, 5.74) is 0.609. The lowest BCUT2D eigenvalue weighted by molar-refractivity contribution is -0.144. The van der Waals surface area contributed by atoms with Crippen LogP contribution in [-0.2, 0) is 14.4 Å². The third-order valence-corrected chi connectivity index (χ3v) is 4.68.